The molecule has 0 spiro atoms. The van der Waals surface area contributed by atoms with Crippen LogP contribution in [0.5, 0.6) is 0 Å². The van der Waals surface area contributed by atoms with Crippen LogP contribution in [0.1, 0.15) is 33.8 Å². The Hall–Kier alpha value is -2.00. The molecule has 1 aromatic carbocycles. The maximum Gasteiger partial charge on any atom is 0.253 e. The molecule has 1 N–H and O–H groups in total. The molecule has 1 aliphatic rings. The molecule has 0 unspecified atom stereocenters. The van der Waals surface area contributed by atoms with E-state index in [1.54, 1.807) is 27.8 Å². The van der Waals surface area contributed by atoms with E-state index >= 15 is 0 Å². The van der Waals surface area contributed by atoms with Crippen LogP contribution in [-0.4, -0.2) is 25.2 Å². The second kappa shape index (κ2) is 7.79. The molecular formula is C20H20N2O3S3. The molecule has 3 aromatic rings. The first kappa shape index (κ1) is 19.3. The van der Waals surface area contributed by atoms with E-state index in [0.717, 1.165) is 22.4 Å². The largest absolute Gasteiger partial charge is 0.351 e. The number of benzene rings is 1. The van der Waals surface area contributed by atoms with E-state index in [4.69, 9.17) is 0 Å². The zero-order valence-corrected chi connectivity index (χ0v) is 17.7. The Labute approximate surface area is 172 Å². The van der Waals surface area contributed by atoms with E-state index in [-0.39, 0.29) is 11.9 Å². The molecule has 0 radical (unpaired) electrons. The van der Waals surface area contributed by atoms with Gasteiger partial charge in [0.05, 0.1) is 12.6 Å². The lowest BCUT2D eigenvalue weighted by Crippen LogP contribution is -2.39. The number of nitrogens with zero attached hydrogens (tertiary/aromatic N) is 1. The number of carbonyl (C=O) groups is 1. The van der Waals surface area contributed by atoms with E-state index in [2.05, 4.69) is 5.32 Å². The van der Waals surface area contributed by atoms with Crippen molar-refractivity contribution in [2.24, 2.45) is 0 Å². The molecule has 1 amide bonds. The summed E-state index contributed by atoms with van der Waals surface area (Å²) in [5, 5.41) is 4.75. The van der Waals surface area contributed by atoms with Gasteiger partial charge in [0.2, 0.25) is 5.91 Å². The lowest BCUT2D eigenvalue weighted by atomic mass is 9.95. The van der Waals surface area contributed by atoms with Crippen LogP contribution in [-0.2, 0) is 27.8 Å². The maximum atomic E-state index is 13.5. The van der Waals surface area contributed by atoms with Gasteiger partial charge in [0.1, 0.15) is 4.21 Å². The Morgan fingerprint density at radius 1 is 1.18 bits per heavy atom. The molecule has 8 heteroatoms. The number of thiophene rings is 2. The van der Waals surface area contributed by atoms with Crippen LogP contribution in [0.3, 0.4) is 0 Å². The highest BCUT2D eigenvalue weighted by Gasteiger charge is 2.38. The van der Waals surface area contributed by atoms with Crippen molar-refractivity contribution in [3.05, 3.63) is 74.8 Å². The number of sulfonamides is 1. The van der Waals surface area contributed by atoms with E-state index in [9.17, 15) is 13.2 Å². The van der Waals surface area contributed by atoms with E-state index in [0.29, 0.717) is 17.3 Å². The molecule has 146 valence electrons. The maximum absolute atomic E-state index is 13.5. The minimum atomic E-state index is -3.65. The molecule has 3 heterocycles. The summed E-state index contributed by atoms with van der Waals surface area (Å²) < 4.78 is 28.9. The molecule has 5 nitrogen and oxygen atoms in total. The minimum absolute atomic E-state index is 0.136. The molecule has 0 saturated heterocycles. The molecule has 1 atom stereocenters. The number of hydrogen-bond donors (Lipinski definition) is 1. The van der Waals surface area contributed by atoms with E-state index in [1.807, 2.05) is 41.8 Å². The fourth-order valence-electron chi connectivity index (χ4n) is 3.45. The molecule has 2 aromatic heterocycles. The summed E-state index contributed by atoms with van der Waals surface area (Å²) in [6.45, 7) is 2.24. The highest BCUT2D eigenvalue weighted by molar-refractivity contribution is 7.91. The number of nitrogens with one attached hydrogen (secondary N) is 1. The average Bonchev–Trinajstić information content (AvgIpc) is 3.35. The van der Waals surface area contributed by atoms with Crippen molar-refractivity contribution >= 4 is 38.6 Å². The van der Waals surface area contributed by atoms with Gasteiger partial charge >= 0.3 is 0 Å². The molecule has 0 saturated carbocycles. The summed E-state index contributed by atoms with van der Waals surface area (Å²) in [6.07, 6.45) is 0.722. The normalized spacial score (nSPS) is 17.2. The van der Waals surface area contributed by atoms with E-state index in [1.165, 1.54) is 23.1 Å². The van der Waals surface area contributed by atoms with Gasteiger partial charge in [-0.25, -0.2) is 8.42 Å². The summed E-state index contributed by atoms with van der Waals surface area (Å²) in [5.74, 6) is -0.136. The van der Waals surface area contributed by atoms with Crippen molar-refractivity contribution in [3.63, 3.8) is 0 Å². The van der Waals surface area contributed by atoms with Crippen LogP contribution < -0.4 is 5.32 Å². The van der Waals surface area contributed by atoms with Crippen molar-refractivity contribution in [2.75, 3.05) is 6.54 Å². The van der Waals surface area contributed by atoms with Crippen molar-refractivity contribution in [1.82, 2.24) is 9.62 Å². The van der Waals surface area contributed by atoms with Crippen molar-refractivity contribution in [3.8, 4) is 0 Å². The van der Waals surface area contributed by atoms with Crippen LogP contribution in [0, 0.1) is 0 Å². The molecule has 0 bridgehead atoms. The van der Waals surface area contributed by atoms with Gasteiger partial charge in [0, 0.05) is 23.2 Å². The topological polar surface area (TPSA) is 66.5 Å². The molecule has 28 heavy (non-hydrogen) atoms. The lowest BCUT2D eigenvalue weighted by Gasteiger charge is -2.34. The Bertz CT molecular complexity index is 1090. The van der Waals surface area contributed by atoms with Crippen LogP contribution in [0.4, 0.5) is 0 Å². The highest BCUT2D eigenvalue weighted by atomic mass is 32.2. The standard InChI is InChI=1S/C20H20N2O3S3/c1-14(23)21-13-16-7-8-19(27-16)28(24,25)22-11-9-18-17(10-12-26-18)20(22)15-5-3-2-4-6-15/h2-8,10,12,20H,9,11,13H2,1H3,(H,21,23)/t20-/m0/s1. The first-order chi connectivity index (χ1) is 13.5. The van der Waals surface area contributed by atoms with Crippen LogP contribution >= 0.6 is 22.7 Å². The highest BCUT2D eigenvalue weighted by Crippen LogP contribution is 2.41. The number of hydrogen-bond acceptors (Lipinski definition) is 5. The molecule has 0 fully saturated rings. The van der Waals surface area contributed by atoms with Crippen molar-refractivity contribution in [2.45, 2.75) is 30.1 Å². The predicted octanol–water partition coefficient (Wildman–Crippen LogP) is 3.78. The third kappa shape index (κ3) is 3.65. The van der Waals surface area contributed by atoms with Crippen molar-refractivity contribution < 1.29 is 13.2 Å². The third-order valence-electron chi connectivity index (χ3n) is 4.75. The van der Waals surface area contributed by atoms with Gasteiger partial charge in [0.15, 0.2) is 0 Å². The smallest absolute Gasteiger partial charge is 0.253 e. The molecule has 4 rings (SSSR count). The Morgan fingerprint density at radius 3 is 2.71 bits per heavy atom. The van der Waals surface area contributed by atoms with Gasteiger partial charge in [-0.1, -0.05) is 30.3 Å². The van der Waals surface area contributed by atoms with Gasteiger partial charge in [-0.2, -0.15) is 4.31 Å². The van der Waals surface area contributed by atoms with Gasteiger partial charge in [-0.15, -0.1) is 22.7 Å². The first-order valence-corrected chi connectivity index (χ1v) is 12.1. The second-order valence-corrected chi connectivity index (χ2v) is 10.9. The number of carbonyl (C=O) groups excluding carboxylic acids is 1. The van der Waals surface area contributed by atoms with Crippen LogP contribution in [0.25, 0.3) is 0 Å². The van der Waals surface area contributed by atoms with Gasteiger partial charge in [-0.05, 0) is 41.1 Å². The molecule has 0 aliphatic carbocycles. The number of fused-ring (bicyclic) bond motifs is 1. The Morgan fingerprint density at radius 2 is 1.96 bits per heavy atom. The fourth-order valence-corrected chi connectivity index (χ4v) is 7.38. The Balaban J connectivity index is 1.71. The summed E-state index contributed by atoms with van der Waals surface area (Å²) >= 11 is 2.90. The number of rotatable bonds is 5. The second-order valence-electron chi connectivity index (χ2n) is 6.61. The van der Waals surface area contributed by atoms with E-state index < -0.39 is 10.0 Å². The average molecular weight is 433 g/mol. The Kier molecular flexibility index (Phi) is 5.37. The SMILES string of the molecule is CC(=O)NCc1ccc(S(=O)(=O)N2CCc3sccc3[C@@H]2c2ccccc2)s1. The summed E-state index contributed by atoms with van der Waals surface area (Å²) in [6, 6.07) is 14.9. The molecule has 1 aliphatic heterocycles. The minimum Gasteiger partial charge on any atom is -0.351 e. The third-order valence-corrected chi connectivity index (χ3v) is 9.16. The lowest BCUT2D eigenvalue weighted by molar-refractivity contribution is -0.119. The van der Waals surface area contributed by atoms with Gasteiger partial charge < -0.3 is 5.32 Å². The van der Waals surface area contributed by atoms with Crippen LogP contribution in [0.2, 0.25) is 0 Å². The van der Waals surface area contributed by atoms with Gasteiger partial charge in [-0.3, -0.25) is 4.79 Å². The first-order valence-electron chi connectivity index (χ1n) is 8.93. The zero-order chi connectivity index (χ0) is 19.7. The summed E-state index contributed by atoms with van der Waals surface area (Å²) in [4.78, 5) is 13.2. The van der Waals surface area contributed by atoms with Crippen LogP contribution in [0.15, 0.2) is 58.1 Å². The zero-order valence-electron chi connectivity index (χ0n) is 15.3. The predicted molar refractivity (Wildman–Crippen MR) is 112 cm³/mol. The quantitative estimate of drug-likeness (QED) is 0.667. The fraction of sp³-hybridized carbons (Fsp3) is 0.250. The molecular weight excluding hydrogens is 412 g/mol. The monoisotopic (exact) mass is 432 g/mol. The number of amides is 1. The summed E-state index contributed by atoms with van der Waals surface area (Å²) in [7, 11) is -3.65. The van der Waals surface area contributed by atoms with Crippen molar-refractivity contribution in [1.29, 1.82) is 0 Å². The summed E-state index contributed by atoms with van der Waals surface area (Å²) in [5.41, 5.74) is 2.04. The van der Waals surface area contributed by atoms with Gasteiger partial charge in [0.25, 0.3) is 10.0 Å².